The van der Waals surface area contributed by atoms with Gasteiger partial charge in [0.1, 0.15) is 11.6 Å². The molecule has 0 amide bonds. The Morgan fingerprint density at radius 1 is 1.48 bits per heavy atom. The highest BCUT2D eigenvalue weighted by molar-refractivity contribution is 6.30. The Morgan fingerprint density at radius 2 is 2.24 bits per heavy atom. The molecule has 2 atom stereocenters. The highest BCUT2D eigenvalue weighted by atomic mass is 35.5. The third-order valence-electron chi connectivity index (χ3n) is 3.85. The molecule has 0 N–H and O–H groups in total. The number of esters is 1. The Hall–Kier alpha value is -1.42. The number of carbonyl (C=O) groups is 2. The number of benzene rings is 1. The molecule has 114 valence electrons. The van der Waals surface area contributed by atoms with Crippen molar-refractivity contribution in [3.8, 4) is 0 Å². The summed E-state index contributed by atoms with van der Waals surface area (Å²) in [5, 5.41) is 0.000702. The van der Waals surface area contributed by atoms with Gasteiger partial charge in [0.25, 0.3) is 0 Å². The second kappa shape index (κ2) is 7.03. The molecule has 1 aromatic rings. The maximum absolute atomic E-state index is 13.3. The monoisotopic (exact) mass is 312 g/mol. The maximum atomic E-state index is 13.3. The zero-order valence-electron chi connectivity index (χ0n) is 11.9. The quantitative estimate of drug-likeness (QED) is 0.792. The summed E-state index contributed by atoms with van der Waals surface area (Å²) in [6.07, 6.45) is 2.25. The van der Waals surface area contributed by atoms with E-state index < -0.39 is 11.7 Å². The first-order chi connectivity index (χ1) is 10.0. The van der Waals surface area contributed by atoms with Crippen molar-refractivity contribution in [2.24, 2.45) is 5.92 Å². The molecule has 0 bridgehead atoms. The molecule has 5 heteroatoms. The summed E-state index contributed by atoms with van der Waals surface area (Å²) >= 11 is 5.81. The van der Waals surface area contributed by atoms with Crippen LogP contribution >= 0.6 is 11.6 Å². The fraction of sp³-hybridized carbons (Fsp3) is 0.500. The standard InChI is InChI=1S/C16H18ClFO3/c1-2-21-15(20)9-10-4-3-5-14(19)16(10)11-6-7-13(18)12(17)8-11/h6-8,10,16H,2-5,9H2,1H3/t10-,16+/m1/s1. The second-order valence-electron chi connectivity index (χ2n) is 5.28. The molecular weight excluding hydrogens is 295 g/mol. The van der Waals surface area contributed by atoms with Gasteiger partial charge in [-0.2, -0.15) is 0 Å². The smallest absolute Gasteiger partial charge is 0.306 e. The highest BCUT2D eigenvalue weighted by Crippen LogP contribution is 2.38. The van der Waals surface area contributed by atoms with Crippen LogP contribution < -0.4 is 0 Å². The lowest BCUT2D eigenvalue weighted by Gasteiger charge is -2.30. The number of ketones is 1. The molecule has 3 nitrogen and oxygen atoms in total. The SMILES string of the molecule is CCOC(=O)C[C@H]1CCCC(=O)[C@@H]1c1ccc(F)c(Cl)c1. The minimum absolute atomic E-state index is 0.000702. The summed E-state index contributed by atoms with van der Waals surface area (Å²) in [6, 6.07) is 4.33. The van der Waals surface area contributed by atoms with Gasteiger partial charge in [-0.1, -0.05) is 17.7 Å². The van der Waals surface area contributed by atoms with Crippen LogP contribution in [0.25, 0.3) is 0 Å². The van der Waals surface area contributed by atoms with Crippen molar-refractivity contribution in [3.05, 3.63) is 34.6 Å². The molecule has 0 aliphatic heterocycles. The fourth-order valence-corrected chi connectivity index (χ4v) is 3.13. The second-order valence-corrected chi connectivity index (χ2v) is 5.69. The molecule has 0 aromatic heterocycles. The molecule has 1 fully saturated rings. The third kappa shape index (κ3) is 3.82. The van der Waals surface area contributed by atoms with Crippen LogP contribution in [0.4, 0.5) is 4.39 Å². The van der Waals surface area contributed by atoms with Crippen molar-refractivity contribution in [2.45, 2.75) is 38.5 Å². The van der Waals surface area contributed by atoms with Crippen molar-refractivity contribution in [1.82, 2.24) is 0 Å². The highest BCUT2D eigenvalue weighted by Gasteiger charge is 2.34. The van der Waals surface area contributed by atoms with Gasteiger partial charge >= 0.3 is 5.97 Å². The number of rotatable bonds is 4. The fourth-order valence-electron chi connectivity index (χ4n) is 2.94. The molecule has 1 aliphatic rings. The van der Waals surface area contributed by atoms with Crippen LogP contribution in [0.3, 0.4) is 0 Å². The predicted octanol–water partition coefficient (Wildman–Crippen LogP) is 3.89. The summed E-state index contributed by atoms with van der Waals surface area (Å²) in [7, 11) is 0. The van der Waals surface area contributed by atoms with Crippen molar-refractivity contribution in [3.63, 3.8) is 0 Å². The summed E-state index contributed by atoms with van der Waals surface area (Å²) in [5.41, 5.74) is 0.681. The summed E-state index contributed by atoms with van der Waals surface area (Å²) in [4.78, 5) is 23.9. The van der Waals surface area contributed by atoms with Gasteiger partial charge in [0.2, 0.25) is 0 Å². The third-order valence-corrected chi connectivity index (χ3v) is 4.14. The number of hydrogen-bond donors (Lipinski definition) is 0. The lowest BCUT2D eigenvalue weighted by Crippen LogP contribution is -2.29. The van der Waals surface area contributed by atoms with E-state index in [0.717, 1.165) is 12.8 Å². The van der Waals surface area contributed by atoms with E-state index in [4.69, 9.17) is 16.3 Å². The van der Waals surface area contributed by atoms with Gasteiger partial charge in [-0.05, 0) is 43.4 Å². The molecule has 0 saturated heterocycles. The first kappa shape index (κ1) is 16.0. The molecular formula is C16H18ClFO3. The van der Waals surface area contributed by atoms with Gasteiger partial charge in [0.15, 0.2) is 0 Å². The minimum atomic E-state index is -0.509. The van der Waals surface area contributed by atoms with E-state index in [2.05, 4.69) is 0 Å². The average Bonchev–Trinajstić information content (AvgIpc) is 2.43. The lowest BCUT2D eigenvalue weighted by atomic mass is 9.73. The first-order valence-electron chi connectivity index (χ1n) is 7.16. The van der Waals surface area contributed by atoms with Crippen LogP contribution in [0.5, 0.6) is 0 Å². The summed E-state index contributed by atoms with van der Waals surface area (Å²) in [5.74, 6) is -1.23. The van der Waals surface area contributed by atoms with Crippen LogP contribution in [0.1, 0.15) is 44.1 Å². The van der Waals surface area contributed by atoms with Crippen molar-refractivity contribution in [2.75, 3.05) is 6.61 Å². The molecule has 1 aromatic carbocycles. The molecule has 0 radical (unpaired) electrons. The number of Topliss-reactive ketones (excluding diaryl/α,β-unsaturated/α-hetero) is 1. The number of hydrogen-bond acceptors (Lipinski definition) is 3. The predicted molar refractivity (Wildman–Crippen MR) is 77.7 cm³/mol. The molecule has 21 heavy (non-hydrogen) atoms. The normalized spacial score (nSPS) is 22.1. The van der Waals surface area contributed by atoms with Gasteiger partial charge in [-0.3, -0.25) is 9.59 Å². The number of carbonyl (C=O) groups excluding carboxylic acids is 2. The largest absolute Gasteiger partial charge is 0.466 e. The molecule has 0 unspecified atom stereocenters. The van der Waals surface area contributed by atoms with Crippen LogP contribution in [0, 0.1) is 11.7 Å². The average molecular weight is 313 g/mol. The van der Waals surface area contributed by atoms with Crippen LogP contribution in [0.15, 0.2) is 18.2 Å². The van der Waals surface area contributed by atoms with Gasteiger partial charge < -0.3 is 4.74 Å². The van der Waals surface area contributed by atoms with E-state index in [0.29, 0.717) is 18.6 Å². The van der Waals surface area contributed by atoms with Crippen LogP contribution in [-0.2, 0) is 14.3 Å². The molecule has 1 saturated carbocycles. The minimum Gasteiger partial charge on any atom is -0.466 e. The number of halogens is 2. The summed E-state index contributed by atoms with van der Waals surface area (Å²) < 4.78 is 18.3. The van der Waals surface area contributed by atoms with Crippen LogP contribution in [0.2, 0.25) is 5.02 Å². The molecule has 2 rings (SSSR count). The Bertz CT molecular complexity index is 544. The van der Waals surface area contributed by atoms with Crippen molar-refractivity contribution in [1.29, 1.82) is 0 Å². The van der Waals surface area contributed by atoms with Crippen LogP contribution in [-0.4, -0.2) is 18.4 Å². The van der Waals surface area contributed by atoms with E-state index in [-0.39, 0.29) is 29.1 Å². The Balaban J connectivity index is 2.23. The zero-order valence-corrected chi connectivity index (χ0v) is 12.7. The maximum Gasteiger partial charge on any atom is 0.306 e. The van der Waals surface area contributed by atoms with E-state index in [1.165, 1.54) is 12.1 Å². The van der Waals surface area contributed by atoms with E-state index >= 15 is 0 Å². The van der Waals surface area contributed by atoms with E-state index in [9.17, 15) is 14.0 Å². The Kier molecular flexibility index (Phi) is 5.34. The van der Waals surface area contributed by atoms with Gasteiger partial charge in [0.05, 0.1) is 11.6 Å². The van der Waals surface area contributed by atoms with Crippen molar-refractivity contribution >= 4 is 23.4 Å². The van der Waals surface area contributed by atoms with Gasteiger partial charge in [-0.15, -0.1) is 0 Å². The van der Waals surface area contributed by atoms with Crippen molar-refractivity contribution < 1.29 is 18.7 Å². The molecule has 0 heterocycles. The first-order valence-corrected chi connectivity index (χ1v) is 7.54. The summed E-state index contributed by atoms with van der Waals surface area (Å²) in [6.45, 7) is 2.08. The lowest BCUT2D eigenvalue weighted by molar-refractivity contribution is -0.144. The Labute approximate surface area is 128 Å². The topological polar surface area (TPSA) is 43.4 Å². The van der Waals surface area contributed by atoms with E-state index in [1.54, 1.807) is 13.0 Å². The van der Waals surface area contributed by atoms with Gasteiger partial charge in [0, 0.05) is 18.8 Å². The zero-order chi connectivity index (χ0) is 15.4. The number of ether oxygens (including phenoxy) is 1. The molecule has 0 spiro atoms. The van der Waals surface area contributed by atoms with E-state index in [1.807, 2.05) is 0 Å². The molecule has 1 aliphatic carbocycles. The van der Waals surface area contributed by atoms with Gasteiger partial charge in [-0.25, -0.2) is 4.39 Å². The Morgan fingerprint density at radius 3 is 2.90 bits per heavy atom.